The van der Waals surface area contributed by atoms with Crippen LogP contribution in [0, 0.1) is 15.5 Å². The third kappa shape index (κ3) is 4.05. The molecule has 0 spiro atoms. The highest BCUT2D eigenvalue weighted by molar-refractivity contribution is 5.79. The van der Waals surface area contributed by atoms with Gasteiger partial charge >= 0.3 is 5.97 Å². The predicted octanol–water partition coefficient (Wildman–Crippen LogP) is 2.90. The monoisotopic (exact) mass is 293 g/mol. The Morgan fingerprint density at radius 3 is 2.62 bits per heavy atom. The van der Waals surface area contributed by atoms with Gasteiger partial charge in [-0.25, -0.2) is 0 Å². The molecule has 0 aliphatic carbocycles. The molecule has 1 aromatic rings. The molecule has 0 bridgehead atoms. The number of ether oxygens (including phenoxy) is 2. The van der Waals surface area contributed by atoms with Gasteiger partial charge in [0.25, 0.3) is 5.69 Å². The van der Waals surface area contributed by atoms with E-state index in [9.17, 15) is 14.9 Å². The summed E-state index contributed by atoms with van der Waals surface area (Å²) in [5.74, 6) is -0.0417. The first kappa shape index (κ1) is 16.7. The van der Waals surface area contributed by atoms with Gasteiger partial charge in [-0.3, -0.25) is 14.9 Å². The van der Waals surface area contributed by atoms with Crippen LogP contribution in [0.1, 0.15) is 19.4 Å². The Kier molecular flexibility index (Phi) is 5.46. The van der Waals surface area contributed by atoms with Crippen LogP contribution < -0.4 is 4.74 Å². The van der Waals surface area contributed by atoms with Gasteiger partial charge in [0, 0.05) is 6.07 Å². The number of nitro groups is 1. The molecule has 1 atom stereocenters. The lowest BCUT2D eigenvalue weighted by Crippen LogP contribution is -2.30. The van der Waals surface area contributed by atoms with E-state index in [1.807, 2.05) is 0 Å². The van der Waals surface area contributed by atoms with Gasteiger partial charge in [0.1, 0.15) is 5.75 Å². The summed E-state index contributed by atoms with van der Waals surface area (Å²) in [4.78, 5) is 22.4. The number of methoxy groups -OCH3 is 1. The van der Waals surface area contributed by atoms with Crippen molar-refractivity contribution in [3.8, 4) is 5.75 Å². The Labute approximate surface area is 123 Å². The minimum atomic E-state index is -0.948. The van der Waals surface area contributed by atoms with Gasteiger partial charge in [0.15, 0.2) is 0 Å². The molecule has 0 fully saturated rings. The third-order valence-corrected chi connectivity index (χ3v) is 3.16. The van der Waals surface area contributed by atoms with Crippen molar-refractivity contribution in [3.05, 3.63) is 46.5 Å². The summed E-state index contributed by atoms with van der Waals surface area (Å²) in [6.45, 7) is 7.33. The molecule has 0 amide bonds. The van der Waals surface area contributed by atoms with Crippen molar-refractivity contribution in [2.45, 2.75) is 20.3 Å². The van der Waals surface area contributed by atoms with Gasteiger partial charge in [0.05, 0.1) is 30.1 Å². The van der Waals surface area contributed by atoms with Gasteiger partial charge in [-0.1, -0.05) is 6.08 Å². The highest BCUT2D eigenvalue weighted by atomic mass is 16.6. The van der Waals surface area contributed by atoms with Crippen LogP contribution >= 0.6 is 0 Å². The first-order chi connectivity index (χ1) is 9.86. The summed E-state index contributed by atoms with van der Waals surface area (Å²) < 4.78 is 10.1. The zero-order valence-electron chi connectivity index (χ0n) is 12.4. The van der Waals surface area contributed by atoms with Crippen LogP contribution in [0.2, 0.25) is 0 Å². The lowest BCUT2D eigenvalue weighted by Gasteiger charge is -2.23. The number of rotatable bonds is 7. The van der Waals surface area contributed by atoms with E-state index in [0.717, 1.165) is 0 Å². The normalized spacial score (nSPS) is 13.1. The van der Waals surface area contributed by atoms with Crippen molar-refractivity contribution < 1.29 is 19.2 Å². The van der Waals surface area contributed by atoms with Gasteiger partial charge in [0.2, 0.25) is 0 Å². The number of nitro benzene ring substituents is 1. The number of benzene rings is 1. The third-order valence-electron chi connectivity index (χ3n) is 3.16. The molecule has 1 rings (SSSR count). The summed E-state index contributed by atoms with van der Waals surface area (Å²) in [7, 11) is 1.43. The van der Waals surface area contributed by atoms with Gasteiger partial charge in [-0.05, 0) is 31.9 Å². The second-order valence-corrected chi connectivity index (χ2v) is 4.82. The Morgan fingerprint density at radius 1 is 1.48 bits per heavy atom. The van der Waals surface area contributed by atoms with E-state index in [0.29, 0.717) is 11.3 Å². The van der Waals surface area contributed by atoms with Crippen molar-refractivity contribution in [1.29, 1.82) is 0 Å². The molecule has 114 valence electrons. The van der Waals surface area contributed by atoms with Crippen LogP contribution in [0.4, 0.5) is 5.69 Å². The molecule has 0 N–H and O–H groups in total. The fourth-order valence-electron chi connectivity index (χ4n) is 1.92. The lowest BCUT2D eigenvalue weighted by atomic mass is 9.83. The standard InChI is InChI=1S/C15H19NO5/c1-5-15(3,14(17)21-6-2)10-11-7-12(16(18)19)9-13(8-11)20-4/h5,7-9H,1,6,10H2,2-4H3. The first-order valence-electron chi connectivity index (χ1n) is 6.49. The molecule has 0 aromatic heterocycles. The molecule has 0 saturated heterocycles. The van der Waals surface area contributed by atoms with Crippen LogP contribution in [0.5, 0.6) is 5.75 Å². The maximum absolute atomic E-state index is 12.0. The summed E-state index contributed by atoms with van der Waals surface area (Å²) in [6, 6.07) is 4.41. The van der Waals surface area contributed by atoms with Gasteiger partial charge in [-0.2, -0.15) is 0 Å². The molecule has 0 aliphatic rings. The average Bonchev–Trinajstić information content (AvgIpc) is 2.46. The van der Waals surface area contributed by atoms with Crippen LogP contribution in [0.25, 0.3) is 0 Å². The molecule has 21 heavy (non-hydrogen) atoms. The number of carbonyl (C=O) groups excluding carboxylic acids is 1. The quantitative estimate of drug-likeness (QED) is 0.334. The Morgan fingerprint density at radius 2 is 2.14 bits per heavy atom. The smallest absolute Gasteiger partial charge is 0.315 e. The van der Waals surface area contributed by atoms with Crippen LogP contribution in [-0.2, 0) is 16.0 Å². The van der Waals surface area contributed by atoms with E-state index in [-0.39, 0.29) is 18.7 Å². The molecule has 6 heteroatoms. The number of hydrogen-bond acceptors (Lipinski definition) is 5. The predicted molar refractivity (Wildman–Crippen MR) is 78.3 cm³/mol. The zero-order chi connectivity index (χ0) is 16.0. The summed E-state index contributed by atoms with van der Waals surface area (Å²) in [5, 5.41) is 10.9. The fraction of sp³-hybridized carbons (Fsp3) is 0.400. The average molecular weight is 293 g/mol. The molecule has 0 saturated carbocycles. The van der Waals surface area contributed by atoms with E-state index in [1.54, 1.807) is 19.9 Å². The molecule has 0 radical (unpaired) electrons. The number of hydrogen-bond donors (Lipinski definition) is 0. The lowest BCUT2D eigenvalue weighted by molar-refractivity contribution is -0.385. The number of carbonyl (C=O) groups is 1. The molecule has 0 aliphatic heterocycles. The van der Waals surface area contributed by atoms with Gasteiger partial charge < -0.3 is 9.47 Å². The summed E-state index contributed by atoms with van der Waals surface area (Å²) in [6.07, 6.45) is 1.74. The van der Waals surface area contributed by atoms with E-state index in [4.69, 9.17) is 9.47 Å². The highest BCUT2D eigenvalue weighted by Gasteiger charge is 2.32. The number of nitrogens with zero attached hydrogens (tertiary/aromatic N) is 1. The van der Waals surface area contributed by atoms with Crippen molar-refractivity contribution in [2.24, 2.45) is 5.41 Å². The van der Waals surface area contributed by atoms with Crippen LogP contribution in [0.3, 0.4) is 0 Å². The van der Waals surface area contributed by atoms with Crippen molar-refractivity contribution in [1.82, 2.24) is 0 Å². The molecule has 0 heterocycles. The summed E-state index contributed by atoms with van der Waals surface area (Å²) >= 11 is 0. The zero-order valence-corrected chi connectivity index (χ0v) is 12.4. The van der Waals surface area contributed by atoms with E-state index in [1.165, 1.54) is 25.3 Å². The molecule has 1 aromatic carbocycles. The fourth-order valence-corrected chi connectivity index (χ4v) is 1.92. The topological polar surface area (TPSA) is 78.7 Å². The number of esters is 1. The van der Waals surface area contributed by atoms with E-state index in [2.05, 4.69) is 6.58 Å². The van der Waals surface area contributed by atoms with E-state index < -0.39 is 16.3 Å². The molecule has 6 nitrogen and oxygen atoms in total. The van der Waals surface area contributed by atoms with Crippen molar-refractivity contribution >= 4 is 11.7 Å². The van der Waals surface area contributed by atoms with Crippen molar-refractivity contribution in [3.63, 3.8) is 0 Å². The Balaban J connectivity index is 3.15. The highest BCUT2D eigenvalue weighted by Crippen LogP contribution is 2.30. The van der Waals surface area contributed by atoms with Crippen molar-refractivity contribution in [2.75, 3.05) is 13.7 Å². The molecular weight excluding hydrogens is 274 g/mol. The second-order valence-electron chi connectivity index (χ2n) is 4.82. The van der Waals surface area contributed by atoms with Crippen LogP contribution in [-0.4, -0.2) is 24.6 Å². The molecule has 1 unspecified atom stereocenters. The van der Waals surface area contributed by atoms with Crippen LogP contribution in [0.15, 0.2) is 30.9 Å². The maximum Gasteiger partial charge on any atom is 0.315 e. The Hall–Kier alpha value is -2.37. The first-order valence-corrected chi connectivity index (χ1v) is 6.49. The number of non-ortho nitro benzene ring substituents is 1. The van der Waals surface area contributed by atoms with E-state index >= 15 is 0 Å². The van der Waals surface area contributed by atoms with Gasteiger partial charge in [-0.15, -0.1) is 6.58 Å². The SMILES string of the molecule is C=CC(C)(Cc1cc(OC)cc([N+](=O)[O-])c1)C(=O)OCC. The largest absolute Gasteiger partial charge is 0.496 e. The molecular formula is C15H19NO5. The maximum atomic E-state index is 12.0. The minimum Gasteiger partial charge on any atom is -0.496 e. The second kappa shape index (κ2) is 6.88. The Bertz CT molecular complexity index is 555. The summed E-state index contributed by atoms with van der Waals surface area (Å²) in [5.41, 5.74) is -0.424. The minimum absolute atomic E-state index is 0.0837.